The minimum atomic E-state index is -1.83. The molecule has 0 heterocycles. The summed E-state index contributed by atoms with van der Waals surface area (Å²) in [6.45, 7) is 0. The average Bonchev–Trinajstić information content (AvgIpc) is 1.41. The van der Waals surface area contributed by atoms with Gasteiger partial charge in [-0.25, -0.2) is 4.79 Å². The van der Waals surface area contributed by atoms with Crippen molar-refractivity contribution < 1.29 is 37.6 Å². The predicted molar refractivity (Wildman–Crippen MR) is 12.9 cm³/mol. The SMILES string of the molecule is O=C(O)O.[OH][Zn]. The average molecular weight is 144 g/mol. The van der Waals surface area contributed by atoms with Crippen LogP contribution in [0.2, 0.25) is 0 Å². The first-order valence-corrected chi connectivity index (χ1v) is 2.29. The molecule has 0 aromatic heterocycles. The Kier molecular flexibility index (Phi) is 13.7. The molecule has 0 fully saturated rings. The van der Waals surface area contributed by atoms with Crippen LogP contribution >= 0.6 is 0 Å². The summed E-state index contributed by atoms with van der Waals surface area (Å²) in [5.41, 5.74) is 0. The van der Waals surface area contributed by atoms with Gasteiger partial charge in [-0.15, -0.1) is 0 Å². The van der Waals surface area contributed by atoms with E-state index in [-0.39, 0.29) is 0 Å². The molecule has 0 radical (unpaired) electrons. The molecule has 0 saturated carbocycles. The molecule has 4 nitrogen and oxygen atoms in total. The Morgan fingerprint density at radius 3 is 1.33 bits per heavy atom. The maximum atomic E-state index is 8.56. The van der Waals surface area contributed by atoms with Crippen LogP contribution in [0.5, 0.6) is 0 Å². The van der Waals surface area contributed by atoms with Crippen molar-refractivity contribution in [3.05, 3.63) is 0 Å². The molecule has 33 valence electrons. The summed E-state index contributed by atoms with van der Waals surface area (Å²) in [5.74, 6) is 0. The number of hydrogen-bond acceptors (Lipinski definition) is 2. The van der Waals surface area contributed by atoms with Crippen molar-refractivity contribution in [2.75, 3.05) is 0 Å². The van der Waals surface area contributed by atoms with Crippen molar-refractivity contribution in [2.24, 2.45) is 0 Å². The van der Waals surface area contributed by atoms with E-state index < -0.39 is 6.16 Å². The predicted octanol–water partition coefficient (Wildman–Crippen LogP) is -0.337. The van der Waals surface area contributed by atoms with Crippen molar-refractivity contribution >= 4 is 6.16 Å². The fourth-order valence-corrected chi connectivity index (χ4v) is 0. The molecule has 0 aliphatic rings. The van der Waals surface area contributed by atoms with Gasteiger partial charge >= 0.3 is 28.8 Å². The number of carbonyl (C=O) groups is 1. The molecule has 0 aliphatic heterocycles. The van der Waals surface area contributed by atoms with Crippen LogP contribution in [0.1, 0.15) is 0 Å². The second kappa shape index (κ2) is 8.85. The van der Waals surface area contributed by atoms with Crippen LogP contribution < -0.4 is 0 Å². The third-order valence-electron chi connectivity index (χ3n) is 0. The van der Waals surface area contributed by atoms with Crippen LogP contribution in [0.4, 0.5) is 4.79 Å². The number of carboxylic acid groups (broad SMARTS) is 2. The Morgan fingerprint density at radius 1 is 1.33 bits per heavy atom. The quantitative estimate of drug-likeness (QED) is 0.407. The zero-order valence-electron chi connectivity index (χ0n) is 2.96. The molecule has 0 atom stereocenters. The Balaban J connectivity index is 0. The van der Waals surface area contributed by atoms with Gasteiger partial charge in [0.1, 0.15) is 0 Å². The Labute approximate surface area is 44.5 Å². The van der Waals surface area contributed by atoms with Crippen LogP contribution in [0.3, 0.4) is 0 Å². The first kappa shape index (κ1) is 9.29. The summed E-state index contributed by atoms with van der Waals surface area (Å²) in [6, 6.07) is 0. The van der Waals surface area contributed by atoms with E-state index in [4.69, 9.17) is 18.9 Å². The third kappa shape index (κ3) is 1460. The molecule has 0 rings (SSSR count). The maximum absolute atomic E-state index is 8.56. The number of rotatable bonds is 0. The standard InChI is InChI=1S/CH2O3.H2O.Zn/c2-1(3)4;;/h(H2,2,3,4);1H2;/q;;+1/p-1. The summed E-state index contributed by atoms with van der Waals surface area (Å²) in [4.78, 5) is 8.56. The van der Waals surface area contributed by atoms with E-state index >= 15 is 0 Å². The van der Waals surface area contributed by atoms with E-state index in [1.165, 1.54) is 0 Å². The summed E-state index contributed by atoms with van der Waals surface area (Å²) in [6.07, 6.45) is -1.83. The van der Waals surface area contributed by atoms with Gasteiger partial charge in [-0.05, 0) is 0 Å². The fourth-order valence-electron chi connectivity index (χ4n) is 0. The molecule has 0 bridgehead atoms. The minimum absolute atomic E-state index is 0.375. The number of hydrogen-bond donors (Lipinski definition) is 3. The molecule has 6 heavy (non-hydrogen) atoms. The zero-order chi connectivity index (χ0) is 5.58. The summed E-state index contributed by atoms with van der Waals surface area (Å²) in [7, 11) is 0. The van der Waals surface area contributed by atoms with Crippen LogP contribution in [0.25, 0.3) is 0 Å². The van der Waals surface area contributed by atoms with E-state index in [1.54, 1.807) is 0 Å². The first-order valence-electron chi connectivity index (χ1n) is 0.968. The van der Waals surface area contributed by atoms with E-state index in [0.717, 1.165) is 0 Å². The van der Waals surface area contributed by atoms with Crippen LogP contribution in [-0.2, 0) is 18.7 Å². The van der Waals surface area contributed by atoms with E-state index in [9.17, 15) is 0 Å². The van der Waals surface area contributed by atoms with Gasteiger partial charge in [0.05, 0.1) is 0 Å². The third-order valence-corrected chi connectivity index (χ3v) is 0. The van der Waals surface area contributed by atoms with Crippen molar-refractivity contribution in [1.29, 1.82) is 0 Å². The van der Waals surface area contributed by atoms with Crippen molar-refractivity contribution in [2.45, 2.75) is 0 Å². The van der Waals surface area contributed by atoms with Gasteiger partial charge in [0.2, 0.25) is 0 Å². The Hall–Kier alpha value is -0.147. The summed E-state index contributed by atoms with van der Waals surface area (Å²) >= 11 is 0.375. The summed E-state index contributed by atoms with van der Waals surface area (Å²) < 4.78 is 7.12. The van der Waals surface area contributed by atoms with Gasteiger partial charge < -0.3 is 10.2 Å². The van der Waals surface area contributed by atoms with Gasteiger partial charge in [0.25, 0.3) is 0 Å². The van der Waals surface area contributed by atoms with E-state index in [0.29, 0.717) is 18.7 Å². The van der Waals surface area contributed by atoms with E-state index in [1.807, 2.05) is 0 Å². The van der Waals surface area contributed by atoms with Gasteiger partial charge in [-0.1, -0.05) is 0 Å². The monoisotopic (exact) mass is 143 g/mol. The molecule has 0 aromatic rings. The van der Waals surface area contributed by atoms with E-state index in [2.05, 4.69) is 0 Å². The Bertz CT molecular complexity index is 30.5. The van der Waals surface area contributed by atoms with Crippen molar-refractivity contribution in [3.63, 3.8) is 0 Å². The Morgan fingerprint density at radius 2 is 1.33 bits per heavy atom. The molecule has 0 aliphatic carbocycles. The molecule has 0 aromatic carbocycles. The van der Waals surface area contributed by atoms with Gasteiger partial charge in [-0.2, -0.15) is 0 Å². The molecule has 0 spiro atoms. The normalized spacial score (nSPS) is 5.17. The summed E-state index contributed by atoms with van der Waals surface area (Å²) in [5, 5.41) is 13.9. The molecule has 0 unspecified atom stereocenters. The van der Waals surface area contributed by atoms with Crippen LogP contribution in [-0.4, -0.2) is 20.3 Å². The molecular formula is CH3O4Zn. The molecule has 0 saturated heterocycles. The van der Waals surface area contributed by atoms with Crippen LogP contribution in [0.15, 0.2) is 0 Å². The van der Waals surface area contributed by atoms with Gasteiger partial charge in [-0.3, -0.25) is 0 Å². The molecular weight excluding hydrogens is 141 g/mol. The fraction of sp³-hybridized carbons (Fsp3) is 0. The first-order chi connectivity index (χ1) is 2.73. The zero-order valence-corrected chi connectivity index (χ0v) is 5.92. The van der Waals surface area contributed by atoms with Crippen molar-refractivity contribution in [1.82, 2.24) is 0 Å². The molecule has 5 heteroatoms. The van der Waals surface area contributed by atoms with Crippen LogP contribution in [0, 0.1) is 0 Å². The second-order valence-electron chi connectivity index (χ2n) is 0.283. The second-order valence-corrected chi connectivity index (χ2v) is 0.283. The topological polar surface area (TPSA) is 77.8 Å². The molecule has 0 amide bonds. The van der Waals surface area contributed by atoms with Gasteiger partial charge in [0.15, 0.2) is 0 Å². The van der Waals surface area contributed by atoms with Crippen molar-refractivity contribution in [3.8, 4) is 0 Å². The molecule has 3 N–H and O–H groups in total. The van der Waals surface area contributed by atoms with Gasteiger partial charge in [0, 0.05) is 0 Å².